The van der Waals surface area contributed by atoms with E-state index in [1.54, 1.807) is 19.9 Å². The zero-order valence-electron chi connectivity index (χ0n) is 15.7. The summed E-state index contributed by atoms with van der Waals surface area (Å²) in [5, 5.41) is 0.0298. The minimum atomic E-state index is -0.647. The van der Waals surface area contributed by atoms with Crippen LogP contribution in [0, 0.1) is 20.8 Å². The van der Waals surface area contributed by atoms with Crippen LogP contribution in [-0.2, 0) is 11.3 Å². The van der Waals surface area contributed by atoms with Gasteiger partial charge in [0.1, 0.15) is 23.0 Å². The first-order valence-corrected chi connectivity index (χ1v) is 8.59. The molecule has 0 amide bonds. The van der Waals surface area contributed by atoms with Crippen LogP contribution in [0.25, 0.3) is 11.1 Å². The molecule has 0 bridgehead atoms. The van der Waals surface area contributed by atoms with Gasteiger partial charge in [-0.2, -0.15) is 0 Å². The van der Waals surface area contributed by atoms with Crippen LogP contribution in [0.4, 0.5) is 0 Å². The van der Waals surface area contributed by atoms with Gasteiger partial charge in [-0.15, -0.1) is 0 Å². The second-order valence-corrected chi connectivity index (χ2v) is 6.35. The van der Waals surface area contributed by atoms with E-state index in [2.05, 4.69) is 4.98 Å². The SMILES string of the molecule is CCOC(=O)c1c(C)oc2ncn(CC(=O)c3cc(C)ccc3C)c(=O)c12. The molecule has 2 aromatic heterocycles. The van der Waals surface area contributed by atoms with Gasteiger partial charge in [0.25, 0.3) is 5.56 Å². The van der Waals surface area contributed by atoms with Crippen molar-refractivity contribution in [2.45, 2.75) is 34.2 Å². The molecular formula is C20H20N2O5. The molecule has 0 aliphatic carbocycles. The predicted octanol–water partition coefficient (Wildman–Crippen LogP) is 2.97. The maximum absolute atomic E-state index is 12.9. The van der Waals surface area contributed by atoms with Crippen molar-refractivity contribution < 1.29 is 18.7 Å². The number of aromatic nitrogens is 2. The van der Waals surface area contributed by atoms with Crippen molar-refractivity contribution in [2.24, 2.45) is 0 Å². The summed E-state index contributed by atoms with van der Waals surface area (Å²) in [6, 6.07) is 5.58. The molecule has 0 aliphatic rings. The fourth-order valence-corrected chi connectivity index (χ4v) is 2.98. The number of aryl methyl sites for hydroxylation is 3. The van der Waals surface area contributed by atoms with E-state index in [1.165, 1.54) is 10.9 Å². The average Bonchev–Trinajstić information content (AvgIpc) is 2.96. The molecule has 1 aromatic carbocycles. The standard InChI is InChI=1S/C20H20N2O5/c1-5-26-20(25)16-13(4)27-18-17(16)19(24)22(10-21-18)9-15(23)14-8-11(2)6-7-12(14)3/h6-8,10H,5,9H2,1-4H3. The van der Waals surface area contributed by atoms with E-state index in [4.69, 9.17) is 9.15 Å². The summed E-state index contributed by atoms with van der Waals surface area (Å²) in [4.78, 5) is 41.9. The van der Waals surface area contributed by atoms with Gasteiger partial charge in [-0.25, -0.2) is 9.78 Å². The zero-order valence-corrected chi connectivity index (χ0v) is 15.7. The lowest BCUT2D eigenvalue weighted by Crippen LogP contribution is -2.26. The van der Waals surface area contributed by atoms with Crippen LogP contribution in [-0.4, -0.2) is 27.9 Å². The summed E-state index contributed by atoms with van der Waals surface area (Å²) in [7, 11) is 0. The van der Waals surface area contributed by atoms with Crippen LogP contribution in [0.1, 0.15) is 44.5 Å². The van der Waals surface area contributed by atoms with Crippen molar-refractivity contribution in [1.82, 2.24) is 9.55 Å². The number of furan rings is 1. The number of benzene rings is 1. The summed E-state index contributed by atoms with van der Waals surface area (Å²) in [5.74, 6) is -0.602. The lowest BCUT2D eigenvalue weighted by atomic mass is 10.0. The molecule has 0 saturated heterocycles. The zero-order chi connectivity index (χ0) is 19.7. The van der Waals surface area contributed by atoms with Gasteiger partial charge in [-0.05, 0) is 39.3 Å². The predicted molar refractivity (Wildman–Crippen MR) is 99.2 cm³/mol. The number of ether oxygens (including phenoxy) is 1. The molecule has 3 aromatic rings. The highest BCUT2D eigenvalue weighted by Crippen LogP contribution is 2.22. The molecule has 0 aliphatic heterocycles. The summed E-state index contributed by atoms with van der Waals surface area (Å²) in [6.45, 7) is 6.97. The van der Waals surface area contributed by atoms with Crippen molar-refractivity contribution in [1.29, 1.82) is 0 Å². The van der Waals surface area contributed by atoms with Gasteiger partial charge in [0.15, 0.2) is 5.78 Å². The Labute approximate surface area is 155 Å². The van der Waals surface area contributed by atoms with Crippen molar-refractivity contribution in [3.63, 3.8) is 0 Å². The van der Waals surface area contributed by atoms with E-state index in [1.807, 2.05) is 26.0 Å². The molecular weight excluding hydrogens is 348 g/mol. The van der Waals surface area contributed by atoms with Gasteiger partial charge in [0.05, 0.1) is 13.2 Å². The van der Waals surface area contributed by atoms with E-state index >= 15 is 0 Å². The van der Waals surface area contributed by atoms with Gasteiger partial charge in [-0.3, -0.25) is 14.2 Å². The largest absolute Gasteiger partial charge is 0.462 e. The average molecular weight is 368 g/mol. The highest BCUT2D eigenvalue weighted by Gasteiger charge is 2.24. The van der Waals surface area contributed by atoms with Gasteiger partial charge >= 0.3 is 5.97 Å². The van der Waals surface area contributed by atoms with Gasteiger partial charge in [-0.1, -0.05) is 17.7 Å². The molecule has 0 atom stereocenters. The Kier molecular flexibility index (Phi) is 4.94. The Morgan fingerprint density at radius 2 is 1.96 bits per heavy atom. The fraction of sp³-hybridized carbons (Fsp3) is 0.300. The van der Waals surface area contributed by atoms with E-state index in [9.17, 15) is 14.4 Å². The molecule has 3 rings (SSSR count). The van der Waals surface area contributed by atoms with Crippen LogP contribution in [0.15, 0.2) is 33.7 Å². The normalized spacial score (nSPS) is 11.0. The highest BCUT2D eigenvalue weighted by atomic mass is 16.5. The van der Waals surface area contributed by atoms with Crippen LogP contribution in [0.2, 0.25) is 0 Å². The first kappa shape index (κ1) is 18.6. The molecule has 0 fully saturated rings. The van der Waals surface area contributed by atoms with Crippen LogP contribution >= 0.6 is 0 Å². The monoisotopic (exact) mass is 368 g/mol. The van der Waals surface area contributed by atoms with Crippen LogP contribution in [0.3, 0.4) is 0 Å². The molecule has 7 nitrogen and oxygen atoms in total. The summed E-state index contributed by atoms with van der Waals surface area (Å²) in [6.07, 6.45) is 1.26. The lowest BCUT2D eigenvalue weighted by Gasteiger charge is -2.08. The highest BCUT2D eigenvalue weighted by molar-refractivity contribution is 6.03. The second-order valence-electron chi connectivity index (χ2n) is 6.35. The van der Waals surface area contributed by atoms with E-state index in [0.717, 1.165) is 11.1 Å². The first-order valence-electron chi connectivity index (χ1n) is 8.59. The topological polar surface area (TPSA) is 91.4 Å². The lowest BCUT2D eigenvalue weighted by molar-refractivity contribution is 0.0526. The van der Waals surface area contributed by atoms with Crippen molar-refractivity contribution >= 4 is 22.9 Å². The van der Waals surface area contributed by atoms with Crippen molar-refractivity contribution in [2.75, 3.05) is 6.61 Å². The number of carbonyl (C=O) groups excluding carboxylic acids is 2. The molecule has 27 heavy (non-hydrogen) atoms. The quantitative estimate of drug-likeness (QED) is 0.508. The van der Waals surface area contributed by atoms with E-state index < -0.39 is 11.5 Å². The summed E-state index contributed by atoms with van der Waals surface area (Å²) < 4.78 is 11.6. The third-order valence-electron chi connectivity index (χ3n) is 4.34. The molecule has 0 saturated carbocycles. The van der Waals surface area contributed by atoms with E-state index in [0.29, 0.717) is 5.56 Å². The number of nitrogens with zero attached hydrogens (tertiary/aromatic N) is 2. The Bertz CT molecular complexity index is 1110. The number of ketones is 1. The number of hydrogen-bond acceptors (Lipinski definition) is 6. The molecule has 2 heterocycles. The number of carbonyl (C=O) groups is 2. The Morgan fingerprint density at radius 3 is 2.67 bits per heavy atom. The third-order valence-corrected chi connectivity index (χ3v) is 4.34. The summed E-state index contributed by atoms with van der Waals surface area (Å²) >= 11 is 0. The second kappa shape index (κ2) is 7.19. The molecule has 7 heteroatoms. The van der Waals surface area contributed by atoms with Gasteiger partial charge in [0.2, 0.25) is 5.71 Å². The maximum atomic E-state index is 12.9. The van der Waals surface area contributed by atoms with E-state index in [-0.39, 0.29) is 41.4 Å². The van der Waals surface area contributed by atoms with Crippen molar-refractivity contribution in [3.8, 4) is 0 Å². The number of rotatable bonds is 5. The number of fused-ring (bicyclic) bond motifs is 1. The van der Waals surface area contributed by atoms with Gasteiger partial charge in [0, 0.05) is 5.56 Å². The first-order chi connectivity index (χ1) is 12.8. The Balaban J connectivity index is 2.06. The Hall–Kier alpha value is -3.22. The number of esters is 1. The number of hydrogen-bond donors (Lipinski definition) is 0. The van der Waals surface area contributed by atoms with Gasteiger partial charge < -0.3 is 9.15 Å². The number of Topliss-reactive ketones (excluding diaryl/α,β-unsaturated/α-hetero) is 1. The molecule has 0 radical (unpaired) electrons. The van der Waals surface area contributed by atoms with Crippen LogP contribution < -0.4 is 5.56 Å². The summed E-state index contributed by atoms with van der Waals surface area (Å²) in [5.41, 5.74) is 1.93. The van der Waals surface area contributed by atoms with Crippen LogP contribution in [0.5, 0.6) is 0 Å². The molecule has 0 N–H and O–H groups in total. The Morgan fingerprint density at radius 1 is 1.22 bits per heavy atom. The molecule has 0 spiro atoms. The third kappa shape index (κ3) is 3.40. The minimum absolute atomic E-state index is 0.0298. The molecule has 140 valence electrons. The molecule has 0 unspecified atom stereocenters. The maximum Gasteiger partial charge on any atom is 0.342 e. The minimum Gasteiger partial charge on any atom is -0.462 e. The van der Waals surface area contributed by atoms with Crippen molar-refractivity contribution in [3.05, 3.63) is 62.9 Å². The fourth-order valence-electron chi connectivity index (χ4n) is 2.98. The smallest absolute Gasteiger partial charge is 0.342 e.